The average Bonchev–Trinajstić information content (AvgIpc) is 3.03. The van der Waals surface area contributed by atoms with Gasteiger partial charge in [0.1, 0.15) is 10.3 Å². The third-order valence-corrected chi connectivity index (χ3v) is 11.0. The van der Waals surface area contributed by atoms with E-state index in [0.717, 1.165) is 0 Å². The maximum absolute atomic E-state index is 13.8. The van der Waals surface area contributed by atoms with Crippen LogP contribution in [0.15, 0.2) is 29.6 Å². The molecule has 0 fully saturated rings. The van der Waals surface area contributed by atoms with Gasteiger partial charge in [-0.1, -0.05) is 23.2 Å². The SMILES string of the molecule is FC(F)(F)SC1=C(SC(F)(F)F)C(SC(F)(F)F)(C2(SC(F)(F)F)N=C(Cl)C(SC(F)(F)F)=C2SC(F)(F)F)N=C1Cl. The zero-order chi connectivity index (χ0) is 33.1. The highest BCUT2D eigenvalue weighted by atomic mass is 35.5. The highest BCUT2D eigenvalue weighted by Gasteiger charge is 2.72. The van der Waals surface area contributed by atoms with E-state index in [4.69, 9.17) is 23.2 Å². The van der Waals surface area contributed by atoms with E-state index in [1.165, 1.54) is 0 Å². The van der Waals surface area contributed by atoms with Gasteiger partial charge in [-0.2, -0.15) is 79.0 Å². The van der Waals surface area contributed by atoms with Crippen molar-refractivity contribution in [2.24, 2.45) is 9.98 Å². The van der Waals surface area contributed by atoms with E-state index < -0.39 is 143 Å². The number of thioether (sulfide) groups is 6. The molecule has 0 radical (unpaired) electrons. The minimum atomic E-state index is -6.18. The molecule has 0 aliphatic carbocycles. The summed E-state index contributed by atoms with van der Waals surface area (Å²) in [4.78, 5) is -13.4. The maximum atomic E-state index is 13.8. The molecule has 2 atom stereocenters. The zero-order valence-electron chi connectivity index (χ0n) is 17.9. The van der Waals surface area contributed by atoms with Crippen molar-refractivity contribution >= 4 is 104 Å². The van der Waals surface area contributed by atoms with Crippen molar-refractivity contribution < 1.29 is 79.0 Å². The summed E-state index contributed by atoms with van der Waals surface area (Å²) in [6.45, 7) is 0. The second kappa shape index (κ2) is 12.1. The highest BCUT2D eigenvalue weighted by molar-refractivity contribution is 8.12. The number of nitrogens with zero attached hydrogens (tertiary/aromatic N) is 2. The van der Waals surface area contributed by atoms with Crippen LogP contribution in [-0.2, 0) is 0 Å². The predicted octanol–water partition coefficient (Wildman–Crippen LogP) is 11.6. The van der Waals surface area contributed by atoms with Crippen LogP contribution >= 0.6 is 93.8 Å². The van der Waals surface area contributed by atoms with Gasteiger partial charge in [0.2, 0.25) is 0 Å². The Morgan fingerprint density at radius 2 is 0.643 bits per heavy atom. The van der Waals surface area contributed by atoms with Crippen LogP contribution in [-0.4, -0.2) is 53.1 Å². The second-order valence-electron chi connectivity index (χ2n) is 6.70. The summed E-state index contributed by atoms with van der Waals surface area (Å²) in [6, 6.07) is 0. The Balaban J connectivity index is 3.27. The van der Waals surface area contributed by atoms with Gasteiger partial charge >= 0.3 is 33.0 Å². The van der Waals surface area contributed by atoms with Crippen LogP contribution in [0.5, 0.6) is 0 Å². The summed E-state index contributed by atoms with van der Waals surface area (Å²) in [7, 11) is 0. The lowest BCUT2D eigenvalue weighted by Gasteiger charge is -2.43. The summed E-state index contributed by atoms with van der Waals surface area (Å²) in [5.74, 6) is 0. The molecule has 2 nitrogen and oxygen atoms in total. The van der Waals surface area contributed by atoms with E-state index in [1.807, 2.05) is 0 Å². The van der Waals surface area contributed by atoms with Gasteiger partial charge in [0.15, 0.2) is 9.74 Å². The summed E-state index contributed by atoms with van der Waals surface area (Å²) in [6.07, 6.45) is 0. The lowest BCUT2D eigenvalue weighted by molar-refractivity contribution is -0.0376. The molecule has 0 spiro atoms. The van der Waals surface area contributed by atoms with Crippen molar-refractivity contribution in [3.63, 3.8) is 0 Å². The number of hydrogen-bond donors (Lipinski definition) is 0. The first-order valence-corrected chi connectivity index (χ1v) is 14.5. The smallest absolute Gasteiger partial charge is 0.245 e. The number of allylic oxidation sites excluding steroid dienone is 2. The lowest BCUT2D eigenvalue weighted by Crippen LogP contribution is -2.50. The van der Waals surface area contributed by atoms with E-state index in [9.17, 15) is 79.0 Å². The van der Waals surface area contributed by atoms with Gasteiger partial charge in [-0.3, -0.25) is 0 Å². The second-order valence-corrected chi connectivity index (χ2v) is 14.2. The molecule has 2 unspecified atom stereocenters. The van der Waals surface area contributed by atoms with Gasteiger partial charge in [-0.05, 0) is 70.6 Å². The molecule has 0 N–H and O–H groups in total. The molecule has 2 aliphatic heterocycles. The fourth-order valence-electron chi connectivity index (χ4n) is 2.92. The molecule has 2 aliphatic rings. The Morgan fingerprint density at radius 1 is 0.405 bits per heavy atom. The molecule has 0 amide bonds. The number of aliphatic imine (C=N–C) groups is 2. The maximum Gasteiger partial charge on any atom is 0.446 e. The summed E-state index contributed by atoms with van der Waals surface area (Å²) in [5.41, 5.74) is -35.8. The Morgan fingerprint density at radius 3 is 0.833 bits per heavy atom. The Hall–Kier alpha value is 0.240. The molecule has 0 saturated carbocycles. The largest absolute Gasteiger partial charge is 0.446 e. The molecule has 0 aromatic carbocycles. The van der Waals surface area contributed by atoms with Crippen LogP contribution < -0.4 is 0 Å². The van der Waals surface area contributed by atoms with Gasteiger partial charge in [0.25, 0.3) is 0 Å². The molecule has 42 heavy (non-hydrogen) atoms. The van der Waals surface area contributed by atoms with Crippen LogP contribution in [0.3, 0.4) is 0 Å². The van der Waals surface area contributed by atoms with Crippen molar-refractivity contribution in [3.8, 4) is 0 Å². The van der Waals surface area contributed by atoms with E-state index >= 15 is 0 Å². The van der Waals surface area contributed by atoms with Gasteiger partial charge in [0.05, 0.1) is 19.6 Å². The molecule has 0 aromatic rings. The number of rotatable bonds is 7. The molecule has 28 heteroatoms. The minimum absolute atomic E-state index is 1.74. The quantitative estimate of drug-likeness (QED) is 0.238. The first kappa shape index (κ1) is 38.4. The fourth-order valence-corrected chi connectivity index (χ4v) is 9.93. The third-order valence-electron chi connectivity index (χ3n) is 3.77. The number of alkyl halides is 18. The summed E-state index contributed by atoms with van der Waals surface area (Å²) < 4.78 is 243. The average molecular weight is 801 g/mol. The van der Waals surface area contributed by atoms with E-state index in [-0.39, 0.29) is 0 Å². The summed E-state index contributed by atoms with van der Waals surface area (Å²) in [5, 5.41) is -4.02. The molecule has 242 valence electrons. The van der Waals surface area contributed by atoms with Crippen LogP contribution in [0.25, 0.3) is 0 Å². The van der Waals surface area contributed by atoms with Crippen molar-refractivity contribution in [1.82, 2.24) is 0 Å². The Bertz CT molecular complexity index is 1100. The first-order chi connectivity index (χ1) is 18.3. The Kier molecular flexibility index (Phi) is 11.1. The van der Waals surface area contributed by atoms with Crippen LogP contribution in [0.4, 0.5) is 79.0 Å². The first-order valence-electron chi connectivity index (χ1n) is 8.87. The Labute approximate surface area is 254 Å². The van der Waals surface area contributed by atoms with Gasteiger partial charge in [0, 0.05) is 0 Å². The topological polar surface area (TPSA) is 24.7 Å². The molecule has 0 aromatic heterocycles. The van der Waals surface area contributed by atoms with Gasteiger partial charge in [-0.25, -0.2) is 9.98 Å². The standard InChI is InChI=1S/C14Cl2F18N2S6/c15-5-1(37-9(17,18)19)3(39-11(23,24)25)7(35-5,41-13(29,30)31)8(42-14(32,33)34)4(40-12(26,27)28)2(6(16)36-8)38-10(20,21)22. The monoisotopic (exact) mass is 800 g/mol. The molecular formula is C14Cl2F18N2S6. The third kappa shape index (κ3) is 9.87. The molecular weight excluding hydrogens is 801 g/mol. The van der Waals surface area contributed by atoms with Gasteiger partial charge < -0.3 is 0 Å². The summed E-state index contributed by atoms with van der Waals surface area (Å²) >= 11 is -0.921. The lowest BCUT2D eigenvalue weighted by atomic mass is 10.1. The van der Waals surface area contributed by atoms with Crippen molar-refractivity contribution in [2.75, 3.05) is 0 Å². The van der Waals surface area contributed by atoms with Crippen molar-refractivity contribution in [3.05, 3.63) is 19.6 Å². The molecule has 0 saturated heterocycles. The highest BCUT2D eigenvalue weighted by Crippen LogP contribution is 2.72. The van der Waals surface area contributed by atoms with E-state index in [0.29, 0.717) is 0 Å². The minimum Gasteiger partial charge on any atom is -0.245 e. The molecule has 0 bridgehead atoms. The predicted molar refractivity (Wildman–Crippen MR) is 128 cm³/mol. The normalized spacial score (nSPS) is 25.0. The van der Waals surface area contributed by atoms with E-state index in [1.54, 1.807) is 0 Å². The van der Waals surface area contributed by atoms with Gasteiger partial charge in [-0.15, -0.1) is 0 Å². The van der Waals surface area contributed by atoms with Crippen LogP contribution in [0.1, 0.15) is 0 Å². The zero-order valence-corrected chi connectivity index (χ0v) is 24.3. The van der Waals surface area contributed by atoms with Crippen LogP contribution in [0, 0.1) is 0 Å². The van der Waals surface area contributed by atoms with Crippen molar-refractivity contribution in [1.29, 1.82) is 0 Å². The molecule has 2 heterocycles. The number of hydrogen-bond acceptors (Lipinski definition) is 8. The van der Waals surface area contributed by atoms with Crippen LogP contribution in [0.2, 0.25) is 0 Å². The number of halogens is 20. The van der Waals surface area contributed by atoms with E-state index in [2.05, 4.69) is 9.98 Å². The molecule has 2 rings (SSSR count). The van der Waals surface area contributed by atoms with Crippen molar-refractivity contribution in [2.45, 2.75) is 42.8 Å². The fraction of sp³-hybridized carbons (Fsp3) is 0.571.